The third-order valence-corrected chi connectivity index (χ3v) is 6.01. The molecule has 0 saturated carbocycles. The second-order valence-electron chi connectivity index (χ2n) is 8.55. The molecule has 3 atom stereocenters. The summed E-state index contributed by atoms with van der Waals surface area (Å²) in [7, 11) is 0. The quantitative estimate of drug-likeness (QED) is 0.118. The highest BCUT2D eigenvalue weighted by molar-refractivity contribution is 5.16. The van der Waals surface area contributed by atoms with Crippen LogP contribution in [0.15, 0.2) is 35.4 Å². The minimum atomic E-state index is -0.358. The molecule has 1 fully saturated rings. The van der Waals surface area contributed by atoms with E-state index in [0.29, 0.717) is 6.61 Å². The molecule has 0 radical (unpaired) electrons. The maximum atomic E-state index is 8.85. The molecular formula is C25H41N3O2. The van der Waals surface area contributed by atoms with Crippen molar-refractivity contribution in [3.8, 4) is 0 Å². The van der Waals surface area contributed by atoms with E-state index in [1.54, 1.807) is 0 Å². The summed E-state index contributed by atoms with van der Waals surface area (Å²) in [5.41, 5.74) is 9.87. The predicted octanol–water partition coefficient (Wildman–Crippen LogP) is 8.26. The molecule has 5 heteroatoms. The molecule has 30 heavy (non-hydrogen) atoms. The lowest BCUT2D eigenvalue weighted by Crippen LogP contribution is -2.39. The summed E-state index contributed by atoms with van der Waals surface area (Å²) in [6.45, 7) is 2.70. The Morgan fingerprint density at radius 3 is 2.00 bits per heavy atom. The van der Waals surface area contributed by atoms with Crippen molar-refractivity contribution in [2.24, 2.45) is 5.11 Å². The Morgan fingerprint density at radius 1 is 0.867 bits per heavy atom. The third-order valence-electron chi connectivity index (χ3n) is 6.01. The highest BCUT2D eigenvalue weighted by atomic mass is 16.7. The summed E-state index contributed by atoms with van der Waals surface area (Å²) in [5.74, 6) is 0. The minimum Gasteiger partial charge on any atom is -0.348 e. The van der Waals surface area contributed by atoms with Gasteiger partial charge in [0.05, 0.1) is 18.8 Å². The van der Waals surface area contributed by atoms with Gasteiger partial charge in [0.2, 0.25) is 0 Å². The van der Waals surface area contributed by atoms with Gasteiger partial charge in [-0.1, -0.05) is 126 Å². The number of azide groups is 1. The number of hydrogen-bond acceptors (Lipinski definition) is 3. The van der Waals surface area contributed by atoms with Crippen molar-refractivity contribution in [3.63, 3.8) is 0 Å². The van der Waals surface area contributed by atoms with Crippen LogP contribution in [0.4, 0.5) is 0 Å². The summed E-state index contributed by atoms with van der Waals surface area (Å²) < 4.78 is 11.9. The van der Waals surface area contributed by atoms with Crippen LogP contribution >= 0.6 is 0 Å². The average Bonchev–Trinajstić information content (AvgIpc) is 2.78. The molecule has 0 aromatic heterocycles. The molecule has 1 aliphatic heterocycles. The lowest BCUT2D eigenvalue weighted by Gasteiger charge is -2.34. The van der Waals surface area contributed by atoms with Crippen molar-refractivity contribution in [2.45, 2.75) is 115 Å². The van der Waals surface area contributed by atoms with Crippen molar-refractivity contribution in [1.29, 1.82) is 0 Å². The van der Waals surface area contributed by atoms with Gasteiger partial charge in [-0.15, -0.1) is 0 Å². The predicted molar refractivity (Wildman–Crippen MR) is 123 cm³/mol. The molecule has 168 valence electrons. The van der Waals surface area contributed by atoms with E-state index in [2.05, 4.69) is 16.9 Å². The Kier molecular flexibility index (Phi) is 13.3. The molecule has 0 spiro atoms. The van der Waals surface area contributed by atoms with Gasteiger partial charge >= 0.3 is 0 Å². The lowest BCUT2D eigenvalue weighted by molar-refractivity contribution is -0.226. The van der Waals surface area contributed by atoms with E-state index >= 15 is 0 Å². The molecular weight excluding hydrogens is 374 g/mol. The van der Waals surface area contributed by atoms with Gasteiger partial charge in [-0.2, -0.15) is 0 Å². The number of nitrogens with zero attached hydrogens (tertiary/aromatic N) is 3. The Labute approximate surface area is 183 Å². The fraction of sp³-hybridized carbons (Fsp3) is 0.760. The maximum Gasteiger partial charge on any atom is 0.184 e. The standard InChI is InChI=1S/C25H41N3O2/c1-2-3-4-5-6-7-8-9-10-11-12-13-17-20-24-23(27-28-26)21-29-25(30-24)22-18-15-14-16-19-22/h14-16,18-19,23-25H,2-13,17,20-21H2,1H3. The maximum absolute atomic E-state index is 8.85. The van der Waals surface area contributed by atoms with Gasteiger partial charge in [0, 0.05) is 10.5 Å². The first-order valence-electron chi connectivity index (χ1n) is 12.2. The van der Waals surface area contributed by atoms with Crippen molar-refractivity contribution in [2.75, 3.05) is 6.61 Å². The third kappa shape index (κ3) is 9.97. The fourth-order valence-corrected chi connectivity index (χ4v) is 4.16. The van der Waals surface area contributed by atoms with E-state index < -0.39 is 0 Å². The van der Waals surface area contributed by atoms with Gasteiger partial charge in [0.25, 0.3) is 0 Å². The highest BCUT2D eigenvalue weighted by Crippen LogP contribution is 2.30. The number of rotatable bonds is 16. The molecule has 1 aromatic carbocycles. The smallest absolute Gasteiger partial charge is 0.184 e. The van der Waals surface area contributed by atoms with Crippen LogP contribution in [0.1, 0.15) is 109 Å². The zero-order chi connectivity index (χ0) is 21.3. The zero-order valence-corrected chi connectivity index (χ0v) is 18.9. The first kappa shape index (κ1) is 24.7. The molecule has 5 nitrogen and oxygen atoms in total. The topological polar surface area (TPSA) is 67.2 Å². The van der Waals surface area contributed by atoms with E-state index in [1.165, 1.54) is 77.0 Å². The zero-order valence-electron chi connectivity index (χ0n) is 18.9. The van der Waals surface area contributed by atoms with Crippen molar-refractivity contribution >= 4 is 0 Å². The minimum absolute atomic E-state index is 0.0624. The first-order valence-corrected chi connectivity index (χ1v) is 12.2. The van der Waals surface area contributed by atoms with Crippen LogP contribution in [0.5, 0.6) is 0 Å². The second-order valence-corrected chi connectivity index (χ2v) is 8.55. The highest BCUT2D eigenvalue weighted by Gasteiger charge is 2.31. The van der Waals surface area contributed by atoms with Gasteiger partial charge in [0.1, 0.15) is 0 Å². The van der Waals surface area contributed by atoms with Crippen LogP contribution < -0.4 is 0 Å². The number of ether oxygens (including phenoxy) is 2. The number of benzene rings is 1. The second kappa shape index (κ2) is 16.2. The van der Waals surface area contributed by atoms with Crippen LogP contribution in [0.2, 0.25) is 0 Å². The van der Waals surface area contributed by atoms with E-state index in [0.717, 1.165) is 18.4 Å². The van der Waals surface area contributed by atoms with Crippen LogP contribution in [-0.4, -0.2) is 18.8 Å². The Bertz CT molecular complexity index is 589. The summed E-state index contributed by atoms with van der Waals surface area (Å²) in [6, 6.07) is 9.76. The largest absolute Gasteiger partial charge is 0.348 e. The lowest BCUT2D eigenvalue weighted by atomic mass is 10.0. The summed E-state index contributed by atoms with van der Waals surface area (Å²) in [6.07, 6.45) is 18.0. The average molecular weight is 416 g/mol. The normalized spacial score (nSPS) is 21.3. The van der Waals surface area contributed by atoms with Gasteiger partial charge in [-0.25, -0.2) is 0 Å². The molecule has 1 heterocycles. The first-order chi connectivity index (χ1) is 14.8. The van der Waals surface area contributed by atoms with E-state index in [4.69, 9.17) is 15.0 Å². The van der Waals surface area contributed by atoms with E-state index in [1.807, 2.05) is 30.3 Å². The summed E-state index contributed by atoms with van der Waals surface area (Å²) in [5, 5.41) is 3.90. The molecule has 0 bridgehead atoms. The fourth-order valence-electron chi connectivity index (χ4n) is 4.16. The molecule has 3 unspecified atom stereocenters. The molecule has 0 N–H and O–H groups in total. The van der Waals surface area contributed by atoms with Gasteiger partial charge in [-0.3, -0.25) is 0 Å². The van der Waals surface area contributed by atoms with Crippen molar-refractivity contribution in [3.05, 3.63) is 46.3 Å². The molecule has 1 saturated heterocycles. The molecule has 0 aliphatic carbocycles. The molecule has 2 rings (SSSR count). The van der Waals surface area contributed by atoms with E-state index in [-0.39, 0.29) is 18.4 Å². The summed E-state index contributed by atoms with van der Waals surface area (Å²) in [4.78, 5) is 2.99. The van der Waals surface area contributed by atoms with Crippen molar-refractivity contribution in [1.82, 2.24) is 0 Å². The Balaban J connectivity index is 1.55. The van der Waals surface area contributed by atoms with Gasteiger partial charge in [-0.05, 0) is 12.0 Å². The van der Waals surface area contributed by atoms with E-state index in [9.17, 15) is 0 Å². The summed E-state index contributed by atoms with van der Waals surface area (Å²) >= 11 is 0. The molecule has 1 aliphatic rings. The van der Waals surface area contributed by atoms with Crippen LogP contribution in [0, 0.1) is 0 Å². The van der Waals surface area contributed by atoms with Crippen LogP contribution in [0.3, 0.4) is 0 Å². The SMILES string of the molecule is CCCCCCCCCCCCCCCC1OC(c2ccccc2)OCC1N=[N+]=[N-]. The Morgan fingerprint density at radius 2 is 1.43 bits per heavy atom. The van der Waals surface area contributed by atoms with Gasteiger partial charge < -0.3 is 9.47 Å². The van der Waals surface area contributed by atoms with Crippen molar-refractivity contribution < 1.29 is 9.47 Å². The number of hydrogen-bond donors (Lipinski definition) is 0. The molecule has 0 amide bonds. The van der Waals surface area contributed by atoms with Crippen LogP contribution in [0.25, 0.3) is 10.4 Å². The molecule has 1 aromatic rings. The number of unbranched alkanes of at least 4 members (excludes halogenated alkanes) is 12. The Hall–Kier alpha value is -1.55. The van der Waals surface area contributed by atoms with Gasteiger partial charge in [0.15, 0.2) is 6.29 Å². The van der Waals surface area contributed by atoms with Crippen LogP contribution in [-0.2, 0) is 9.47 Å². The monoisotopic (exact) mass is 415 g/mol.